The quantitative estimate of drug-likeness (QED) is 0.249. The molecule has 0 radical (unpaired) electrons. The topological polar surface area (TPSA) is 76.7 Å². The molecule has 1 aliphatic rings. The molecule has 31 heavy (non-hydrogen) atoms. The molecule has 0 aliphatic carbocycles. The number of nitrogens with zero attached hydrogens (tertiary/aromatic N) is 1. The van der Waals surface area contributed by atoms with Crippen molar-refractivity contribution in [2.24, 2.45) is 0 Å². The Kier molecular flexibility index (Phi) is 12.8. The Bertz CT molecular complexity index is 583. The van der Waals surface area contributed by atoms with Crippen LogP contribution in [0.15, 0.2) is 23.9 Å². The smallest absolute Gasteiger partial charge is 0.220 e. The second-order valence-corrected chi connectivity index (χ2v) is 11.2. The highest BCUT2D eigenvalue weighted by Crippen LogP contribution is 2.27. The summed E-state index contributed by atoms with van der Waals surface area (Å²) in [6, 6.07) is 0. The summed E-state index contributed by atoms with van der Waals surface area (Å²) in [6.07, 6.45) is 11.5. The van der Waals surface area contributed by atoms with E-state index in [1.807, 2.05) is 26.8 Å². The zero-order valence-electron chi connectivity index (χ0n) is 20.6. The van der Waals surface area contributed by atoms with E-state index in [0.29, 0.717) is 19.5 Å². The summed E-state index contributed by atoms with van der Waals surface area (Å²) in [7, 11) is 0. The lowest BCUT2D eigenvalue weighted by Crippen LogP contribution is -2.50. The van der Waals surface area contributed by atoms with Crippen molar-refractivity contribution in [1.82, 2.24) is 14.9 Å². The van der Waals surface area contributed by atoms with Gasteiger partial charge in [-0.2, -0.15) is 0 Å². The second-order valence-electron chi connectivity index (χ2n) is 9.14. The largest absolute Gasteiger partial charge is 0.598 e. The van der Waals surface area contributed by atoms with E-state index >= 15 is 0 Å². The lowest BCUT2D eigenvalue weighted by Gasteiger charge is -2.43. The minimum absolute atomic E-state index is 0.0541. The highest BCUT2D eigenvalue weighted by molar-refractivity contribution is 7.90. The van der Waals surface area contributed by atoms with Crippen LogP contribution in [0, 0.1) is 0 Å². The average Bonchev–Trinajstić information content (AvgIpc) is 2.74. The third kappa shape index (κ3) is 10.4. The van der Waals surface area contributed by atoms with Crippen molar-refractivity contribution in [1.29, 1.82) is 0 Å². The van der Waals surface area contributed by atoms with Gasteiger partial charge in [-0.25, -0.2) is 0 Å². The first-order chi connectivity index (χ1) is 14.7. The first-order valence-electron chi connectivity index (χ1n) is 11.8. The Labute approximate surface area is 193 Å². The molecule has 1 fully saturated rings. The molecule has 1 unspecified atom stereocenters. The summed E-state index contributed by atoms with van der Waals surface area (Å²) in [6.45, 7) is 16.1. The van der Waals surface area contributed by atoms with Crippen LogP contribution in [0.25, 0.3) is 0 Å². The average molecular weight is 456 g/mol. The molecule has 1 amide bonds. The zero-order chi connectivity index (χ0) is 23.3. The van der Waals surface area contributed by atoms with Crippen molar-refractivity contribution in [3.05, 3.63) is 23.9 Å². The molecule has 0 aromatic heterocycles. The predicted molar refractivity (Wildman–Crippen MR) is 131 cm³/mol. The highest BCUT2D eigenvalue weighted by atomic mass is 32.2. The van der Waals surface area contributed by atoms with Crippen LogP contribution < -0.4 is 10.0 Å². The molecule has 7 heteroatoms. The Morgan fingerprint density at radius 2 is 1.94 bits per heavy atom. The maximum atomic E-state index is 12.1. The number of carbonyl (C=O) groups is 1. The summed E-state index contributed by atoms with van der Waals surface area (Å²) in [5, 5.41) is 2.97. The van der Waals surface area contributed by atoms with Gasteiger partial charge in [0.25, 0.3) is 0 Å². The Morgan fingerprint density at radius 3 is 2.55 bits per heavy atom. The van der Waals surface area contributed by atoms with E-state index < -0.39 is 11.4 Å². The van der Waals surface area contributed by atoms with Gasteiger partial charge in [-0.1, -0.05) is 32.9 Å². The van der Waals surface area contributed by atoms with Crippen molar-refractivity contribution in [3.63, 3.8) is 0 Å². The van der Waals surface area contributed by atoms with Crippen LogP contribution in [0.5, 0.6) is 0 Å². The SMILES string of the molecule is CC/C=C(\C=C/CNC(=O)CCCCN[S+]([O-])C(C)(C)C)N1CCOC(CC)(CC)C1. The van der Waals surface area contributed by atoms with Crippen LogP contribution in [0.2, 0.25) is 0 Å². The lowest BCUT2D eigenvalue weighted by atomic mass is 9.94. The van der Waals surface area contributed by atoms with Crippen LogP contribution in [0.3, 0.4) is 0 Å². The highest BCUT2D eigenvalue weighted by Gasteiger charge is 2.33. The monoisotopic (exact) mass is 455 g/mol. The normalized spacial score (nSPS) is 18.4. The fourth-order valence-electron chi connectivity index (χ4n) is 3.49. The summed E-state index contributed by atoms with van der Waals surface area (Å²) >= 11 is -1.05. The molecule has 180 valence electrons. The van der Waals surface area contributed by atoms with Gasteiger partial charge in [0.2, 0.25) is 5.91 Å². The van der Waals surface area contributed by atoms with Gasteiger partial charge in [-0.05, 0) is 59.0 Å². The van der Waals surface area contributed by atoms with Gasteiger partial charge < -0.3 is 19.5 Å². The van der Waals surface area contributed by atoms with Crippen molar-refractivity contribution >= 4 is 17.3 Å². The molecule has 1 aliphatic heterocycles. The van der Waals surface area contributed by atoms with Crippen molar-refractivity contribution in [3.8, 4) is 0 Å². The summed E-state index contributed by atoms with van der Waals surface area (Å²) in [5.41, 5.74) is 1.16. The summed E-state index contributed by atoms with van der Waals surface area (Å²) < 4.78 is 20.8. The molecule has 1 rings (SSSR count). The molecular formula is C24H45N3O3S. The fourth-order valence-corrected chi connectivity index (χ4v) is 4.25. The predicted octanol–water partition coefficient (Wildman–Crippen LogP) is 4.07. The third-order valence-electron chi connectivity index (χ3n) is 5.64. The number of carbonyl (C=O) groups excluding carboxylic acids is 1. The molecule has 0 spiro atoms. The first kappa shape index (κ1) is 28.0. The number of morpholine rings is 1. The number of allylic oxidation sites excluding steroid dienone is 2. The number of nitrogens with one attached hydrogen (secondary N) is 2. The Hall–Kier alpha value is -1.02. The number of rotatable bonds is 13. The van der Waals surface area contributed by atoms with Gasteiger partial charge >= 0.3 is 0 Å². The zero-order valence-corrected chi connectivity index (χ0v) is 21.4. The van der Waals surface area contributed by atoms with E-state index in [4.69, 9.17) is 4.74 Å². The number of hydrogen-bond acceptors (Lipinski definition) is 5. The van der Waals surface area contributed by atoms with Crippen molar-refractivity contribution in [2.75, 3.05) is 32.8 Å². The van der Waals surface area contributed by atoms with Crippen LogP contribution in [-0.2, 0) is 20.9 Å². The van der Waals surface area contributed by atoms with E-state index in [-0.39, 0.29) is 16.3 Å². The van der Waals surface area contributed by atoms with Gasteiger partial charge in [-0.3, -0.25) is 4.79 Å². The van der Waals surface area contributed by atoms with Gasteiger partial charge in [0.15, 0.2) is 0 Å². The molecule has 0 saturated carbocycles. The number of amides is 1. The summed E-state index contributed by atoms with van der Waals surface area (Å²) in [5.74, 6) is 0.0602. The lowest BCUT2D eigenvalue weighted by molar-refractivity contribution is -0.120. The molecule has 1 saturated heterocycles. The third-order valence-corrected chi connectivity index (χ3v) is 7.22. The molecule has 0 aromatic rings. The van der Waals surface area contributed by atoms with Gasteiger partial charge in [0.1, 0.15) is 4.75 Å². The van der Waals surface area contributed by atoms with Crippen LogP contribution >= 0.6 is 0 Å². The van der Waals surface area contributed by atoms with Crippen LogP contribution in [-0.4, -0.2) is 58.5 Å². The van der Waals surface area contributed by atoms with Crippen molar-refractivity contribution in [2.45, 2.75) is 90.4 Å². The fraction of sp³-hybridized carbons (Fsp3) is 0.792. The molecule has 1 atom stereocenters. The molecule has 2 N–H and O–H groups in total. The molecule has 1 heterocycles. The van der Waals surface area contributed by atoms with Crippen molar-refractivity contribution < 1.29 is 14.1 Å². The number of unbranched alkanes of at least 4 members (excludes halogenated alkanes) is 1. The minimum atomic E-state index is -1.05. The molecule has 0 aromatic carbocycles. The minimum Gasteiger partial charge on any atom is -0.598 e. The van der Waals surface area contributed by atoms with E-state index in [9.17, 15) is 9.35 Å². The molecular weight excluding hydrogens is 410 g/mol. The molecule has 0 bridgehead atoms. The van der Waals surface area contributed by atoms with Crippen LogP contribution in [0.1, 0.15) is 80.1 Å². The first-order valence-corrected chi connectivity index (χ1v) is 13.0. The van der Waals surface area contributed by atoms with Gasteiger partial charge in [0.05, 0.1) is 12.2 Å². The van der Waals surface area contributed by atoms with E-state index in [1.165, 1.54) is 5.70 Å². The maximum absolute atomic E-state index is 12.1. The Balaban J connectivity index is 2.36. The van der Waals surface area contributed by atoms with E-state index in [2.05, 4.69) is 47.9 Å². The van der Waals surface area contributed by atoms with Gasteiger partial charge in [0, 0.05) is 49.7 Å². The standard InChI is InChI=1S/C24H45N3O3S/c1-7-13-21(27-18-19-30-24(8-2,9-3)20-27)14-12-16-25-22(28)15-10-11-17-26-31(29)23(4,5)6/h12-14,26H,7-11,15-20H2,1-6H3,(H,25,28)/b14-12-,21-13+. The second kappa shape index (κ2) is 14.2. The molecule has 6 nitrogen and oxygen atoms in total. The number of ether oxygens (including phenoxy) is 1. The van der Waals surface area contributed by atoms with E-state index in [1.54, 1.807) is 0 Å². The van der Waals surface area contributed by atoms with E-state index in [0.717, 1.165) is 51.8 Å². The maximum Gasteiger partial charge on any atom is 0.220 e. The van der Waals surface area contributed by atoms with Gasteiger partial charge in [-0.15, -0.1) is 4.72 Å². The van der Waals surface area contributed by atoms with Crippen LogP contribution in [0.4, 0.5) is 0 Å². The number of hydrogen-bond donors (Lipinski definition) is 2. The Morgan fingerprint density at radius 1 is 1.23 bits per heavy atom. The summed E-state index contributed by atoms with van der Waals surface area (Å²) in [4.78, 5) is 14.5.